The Morgan fingerprint density at radius 2 is 0.733 bits per heavy atom. The molecule has 0 aliphatic carbocycles. The monoisotopic (exact) mass is 876 g/mol. The minimum absolute atomic E-state index is 0.170. The summed E-state index contributed by atoms with van der Waals surface area (Å²) in [5.41, 5.74) is 5.35. The van der Waals surface area contributed by atoms with E-state index in [2.05, 4.69) is 18.4 Å². The van der Waals surface area contributed by atoms with E-state index in [1.54, 1.807) is 0 Å². The molecule has 0 amide bonds. The Bertz CT molecular complexity index is 1030. The van der Waals surface area contributed by atoms with Gasteiger partial charge in [-0.05, 0) is 12.8 Å². The first kappa shape index (κ1) is 58.5. The lowest BCUT2D eigenvalue weighted by molar-refractivity contribution is -0.161. The summed E-state index contributed by atoms with van der Waals surface area (Å²) in [6.07, 6.45) is 44.5. The molecule has 11 nitrogen and oxygen atoms in total. The molecule has 60 heavy (non-hydrogen) atoms. The zero-order valence-corrected chi connectivity index (χ0v) is 39.7. The number of carbonyl (C=O) groups is 3. The van der Waals surface area contributed by atoms with Crippen molar-refractivity contribution >= 4 is 25.7 Å². The summed E-state index contributed by atoms with van der Waals surface area (Å²) in [5.74, 6) is -2.35. The molecule has 0 heterocycles. The average molecular weight is 876 g/mol. The van der Waals surface area contributed by atoms with Crippen LogP contribution in [0.2, 0.25) is 0 Å². The molecule has 0 aromatic heterocycles. The smallest absolute Gasteiger partial charge is 0.472 e. The highest BCUT2D eigenvalue weighted by Gasteiger charge is 2.28. The van der Waals surface area contributed by atoms with Gasteiger partial charge in [0.2, 0.25) is 0 Å². The molecular weight excluding hydrogens is 781 g/mol. The van der Waals surface area contributed by atoms with Crippen molar-refractivity contribution in [2.45, 2.75) is 270 Å². The standard InChI is InChI=1S/C48H94NO10P/c1-3-5-7-9-11-13-15-17-19-21-22-23-24-26-27-29-31-33-35-37-39-46(50)56-41-44(42-57-60(54,55)58-43-45(49)48(52)53)59-47(51)40-38-36-34-32-30-28-25-20-18-16-14-12-10-8-6-4-2/h44-45H,3-43,49H2,1-2H3,(H,52,53)(H,54,55)/t44-,45+/m0/s1. The second-order valence-corrected chi connectivity index (χ2v) is 18.8. The number of aliphatic carboxylic acids is 1. The van der Waals surface area contributed by atoms with Crippen molar-refractivity contribution < 1.29 is 47.5 Å². The second kappa shape index (κ2) is 44.1. The van der Waals surface area contributed by atoms with Crippen molar-refractivity contribution in [3.63, 3.8) is 0 Å². The van der Waals surface area contributed by atoms with Crippen LogP contribution in [0.1, 0.15) is 258 Å². The first-order valence-electron chi connectivity index (χ1n) is 25.1. The van der Waals surface area contributed by atoms with Gasteiger partial charge in [0.05, 0.1) is 13.2 Å². The number of carbonyl (C=O) groups excluding carboxylic acids is 2. The largest absolute Gasteiger partial charge is 0.480 e. The molecule has 0 aliphatic rings. The van der Waals surface area contributed by atoms with E-state index in [-0.39, 0.29) is 19.4 Å². The second-order valence-electron chi connectivity index (χ2n) is 17.3. The van der Waals surface area contributed by atoms with Crippen LogP contribution in [-0.2, 0) is 37.5 Å². The first-order valence-corrected chi connectivity index (χ1v) is 26.6. The van der Waals surface area contributed by atoms with Gasteiger partial charge in [-0.15, -0.1) is 0 Å². The minimum atomic E-state index is -4.71. The van der Waals surface area contributed by atoms with Gasteiger partial charge in [0, 0.05) is 12.8 Å². The number of esters is 2. The van der Waals surface area contributed by atoms with Crippen LogP contribution in [0.15, 0.2) is 0 Å². The third kappa shape index (κ3) is 43.1. The number of phosphoric ester groups is 1. The number of hydrogen-bond donors (Lipinski definition) is 3. The first-order chi connectivity index (χ1) is 29.1. The van der Waals surface area contributed by atoms with E-state index in [0.29, 0.717) is 12.8 Å². The molecule has 0 bridgehead atoms. The quantitative estimate of drug-likeness (QED) is 0.0302. The maximum atomic E-state index is 12.7. The Labute approximate surface area is 367 Å². The molecule has 0 fully saturated rings. The highest BCUT2D eigenvalue weighted by atomic mass is 31.2. The fourth-order valence-electron chi connectivity index (χ4n) is 7.42. The van der Waals surface area contributed by atoms with Crippen LogP contribution in [0, 0.1) is 0 Å². The topological polar surface area (TPSA) is 172 Å². The summed E-state index contributed by atoms with van der Waals surface area (Å²) < 4.78 is 32.8. The summed E-state index contributed by atoms with van der Waals surface area (Å²) >= 11 is 0. The van der Waals surface area contributed by atoms with Gasteiger partial charge in [-0.25, -0.2) is 4.57 Å². The van der Waals surface area contributed by atoms with Gasteiger partial charge in [-0.3, -0.25) is 23.4 Å². The van der Waals surface area contributed by atoms with E-state index in [0.717, 1.165) is 38.5 Å². The number of nitrogens with two attached hydrogens (primary N) is 1. The van der Waals surface area contributed by atoms with Crippen molar-refractivity contribution in [1.29, 1.82) is 0 Å². The van der Waals surface area contributed by atoms with Crippen LogP contribution in [0.5, 0.6) is 0 Å². The predicted octanol–water partition coefficient (Wildman–Crippen LogP) is 13.9. The van der Waals surface area contributed by atoms with E-state index < -0.39 is 51.1 Å². The van der Waals surface area contributed by atoms with Gasteiger partial charge >= 0.3 is 25.7 Å². The number of hydrogen-bond acceptors (Lipinski definition) is 9. The number of carboxylic acids is 1. The summed E-state index contributed by atoms with van der Waals surface area (Å²) in [7, 11) is -4.71. The SMILES string of the molecule is CCCCCCCCCCCCCCCCCCCCCCC(=O)OC[C@@H](COP(=O)(O)OC[C@@H](N)C(=O)O)OC(=O)CCCCCCCCCCCCCCCCCC. The molecular formula is C48H94NO10P. The fourth-order valence-corrected chi connectivity index (χ4v) is 8.20. The maximum Gasteiger partial charge on any atom is 0.472 e. The Morgan fingerprint density at radius 1 is 0.450 bits per heavy atom. The average Bonchev–Trinajstić information content (AvgIpc) is 3.22. The van der Waals surface area contributed by atoms with E-state index in [1.807, 2.05) is 0 Å². The van der Waals surface area contributed by atoms with E-state index in [9.17, 15) is 23.8 Å². The fraction of sp³-hybridized carbons (Fsp3) is 0.938. The molecule has 0 radical (unpaired) electrons. The summed E-state index contributed by atoms with van der Waals surface area (Å²) in [4.78, 5) is 46.1. The maximum absolute atomic E-state index is 12.7. The molecule has 3 atom stereocenters. The van der Waals surface area contributed by atoms with Crippen LogP contribution in [0.3, 0.4) is 0 Å². The molecule has 0 spiro atoms. The lowest BCUT2D eigenvalue weighted by atomic mass is 10.0. The number of unbranched alkanes of at least 4 members (excludes halogenated alkanes) is 34. The lowest BCUT2D eigenvalue weighted by Gasteiger charge is -2.20. The van der Waals surface area contributed by atoms with Crippen molar-refractivity contribution in [2.75, 3.05) is 19.8 Å². The zero-order chi connectivity index (χ0) is 44.2. The third-order valence-electron chi connectivity index (χ3n) is 11.4. The predicted molar refractivity (Wildman–Crippen MR) is 245 cm³/mol. The number of phosphoric acid groups is 1. The van der Waals surface area contributed by atoms with Crippen molar-refractivity contribution in [1.82, 2.24) is 0 Å². The zero-order valence-electron chi connectivity index (χ0n) is 38.8. The van der Waals surface area contributed by atoms with Crippen LogP contribution in [0.4, 0.5) is 0 Å². The Hall–Kier alpha value is -1.52. The molecule has 1 unspecified atom stereocenters. The van der Waals surface area contributed by atoms with Gasteiger partial charge in [0.15, 0.2) is 6.10 Å². The molecule has 0 aromatic rings. The summed E-state index contributed by atoms with van der Waals surface area (Å²) in [6.45, 7) is 2.86. The highest BCUT2D eigenvalue weighted by Crippen LogP contribution is 2.43. The molecule has 4 N–H and O–H groups in total. The number of ether oxygens (including phenoxy) is 2. The third-order valence-corrected chi connectivity index (χ3v) is 12.3. The van der Waals surface area contributed by atoms with Gasteiger partial charge in [-0.1, -0.05) is 232 Å². The van der Waals surface area contributed by atoms with Gasteiger partial charge < -0.3 is 25.2 Å². The number of carboxylic acid groups (broad SMARTS) is 1. The van der Waals surface area contributed by atoms with E-state index in [1.165, 1.54) is 180 Å². The Balaban J connectivity index is 4.20. The summed E-state index contributed by atoms with van der Waals surface area (Å²) in [6, 6.07) is -1.52. The lowest BCUT2D eigenvalue weighted by Crippen LogP contribution is -2.34. The molecule has 12 heteroatoms. The Kier molecular flexibility index (Phi) is 43.0. The number of rotatable bonds is 48. The van der Waals surface area contributed by atoms with E-state index in [4.69, 9.17) is 24.8 Å². The normalized spacial score (nSPS) is 13.5. The van der Waals surface area contributed by atoms with Gasteiger partial charge in [0.1, 0.15) is 12.6 Å². The molecule has 0 saturated heterocycles. The van der Waals surface area contributed by atoms with Crippen LogP contribution in [0.25, 0.3) is 0 Å². The molecule has 0 saturated carbocycles. The molecule has 0 rings (SSSR count). The van der Waals surface area contributed by atoms with Crippen molar-refractivity contribution in [3.05, 3.63) is 0 Å². The highest BCUT2D eigenvalue weighted by molar-refractivity contribution is 7.47. The van der Waals surface area contributed by atoms with Crippen molar-refractivity contribution in [3.8, 4) is 0 Å². The van der Waals surface area contributed by atoms with Crippen LogP contribution >= 0.6 is 7.82 Å². The van der Waals surface area contributed by atoms with Crippen molar-refractivity contribution in [2.24, 2.45) is 5.73 Å². The molecule has 0 aliphatic heterocycles. The van der Waals surface area contributed by atoms with Crippen LogP contribution < -0.4 is 5.73 Å². The minimum Gasteiger partial charge on any atom is -0.480 e. The molecule has 0 aromatic carbocycles. The summed E-state index contributed by atoms with van der Waals surface area (Å²) in [5, 5.41) is 8.91. The molecule has 356 valence electrons. The van der Waals surface area contributed by atoms with Gasteiger partial charge in [0.25, 0.3) is 0 Å². The van der Waals surface area contributed by atoms with Crippen LogP contribution in [-0.4, -0.2) is 59.9 Å². The van der Waals surface area contributed by atoms with Gasteiger partial charge in [-0.2, -0.15) is 0 Å². The Morgan fingerprint density at radius 3 is 1.05 bits per heavy atom. The van der Waals surface area contributed by atoms with E-state index >= 15 is 0 Å².